The summed E-state index contributed by atoms with van der Waals surface area (Å²) in [6.45, 7) is 6.28. The van der Waals surface area contributed by atoms with Gasteiger partial charge in [0.2, 0.25) is 0 Å². The van der Waals surface area contributed by atoms with Gasteiger partial charge in [-0.3, -0.25) is 0 Å². The standard InChI is InChI=1S/C3H9ClSi.Zr/c1-5(2,3)4;/h1-3H3;. The van der Waals surface area contributed by atoms with Crippen LogP contribution in [0.2, 0.25) is 19.6 Å². The normalized spacial score (nSPS) is 10.0. The van der Waals surface area contributed by atoms with Crippen molar-refractivity contribution in [3.05, 3.63) is 0 Å². The monoisotopic (exact) mass is 198 g/mol. The summed E-state index contributed by atoms with van der Waals surface area (Å²) in [5, 5.41) is 0. The molecule has 0 fully saturated rings. The molecule has 0 bridgehead atoms. The molecule has 0 heterocycles. The van der Waals surface area contributed by atoms with Gasteiger partial charge in [-0.15, -0.1) is 0 Å². The first kappa shape index (κ1) is 10.4. The molecule has 0 atom stereocenters. The molecule has 36 valence electrons. The van der Waals surface area contributed by atoms with Crippen molar-refractivity contribution in [2.24, 2.45) is 0 Å². The molecular weight excluding hydrogens is 191 g/mol. The molecule has 0 aromatic carbocycles. The summed E-state index contributed by atoms with van der Waals surface area (Å²) >= 11 is 5.67. The molecule has 0 aliphatic heterocycles. The van der Waals surface area contributed by atoms with E-state index in [1.165, 1.54) is 0 Å². The molecular formula is C3H9ClSiZr. The molecule has 0 amide bonds. The Kier molecular flexibility index (Phi) is 5.88. The van der Waals surface area contributed by atoms with E-state index in [1.807, 2.05) is 0 Å². The third kappa shape index (κ3) is 53.8. The van der Waals surface area contributed by atoms with Gasteiger partial charge in [0.15, 0.2) is 0 Å². The van der Waals surface area contributed by atoms with Gasteiger partial charge in [0, 0.05) is 26.2 Å². The molecule has 0 aliphatic rings. The zero-order valence-corrected chi connectivity index (χ0v) is 8.59. The molecule has 0 aromatic rings. The van der Waals surface area contributed by atoms with E-state index in [0.717, 1.165) is 0 Å². The number of halogens is 1. The van der Waals surface area contributed by atoms with Crippen LogP contribution in [0, 0.1) is 0 Å². The van der Waals surface area contributed by atoms with E-state index >= 15 is 0 Å². The van der Waals surface area contributed by atoms with Crippen molar-refractivity contribution >= 4 is 18.5 Å². The fourth-order valence-corrected chi connectivity index (χ4v) is 0. The third-order valence-corrected chi connectivity index (χ3v) is 0. The van der Waals surface area contributed by atoms with E-state index in [2.05, 4.69) is 19.6 Å². The predicted molar refractivity (Wildman–Crippen MR) is 29.2 cm³/mol. The van der Waals surface area contributed by atoms with Gasteiger partial charge in [-0.1, -0.05) is 19.6 Å². The summed E-state index contributed by atoms with van der Waals surface area (Å²) in [5.74, 6) is 0. The summed E-state index contributed by atoms with van der Waals surface area (Å²) in [6, 6.07) is 0. The van der Waals surface area contributed by atoms with Crippen LogP contribution >= 0.6 is 11.1 Å². The largest absolute Gasteiger partial charge is 0.168 e. The van der Waals surface area contributed by atoms with Crippen molar-refractivity contribution < 1.29 is 26.2 Å². The van der Waals surface area contributed by atoms with E-state index < -0.39 is 7.38 Å². The van der Waals surface area contributed by atoms with Crippen molar-refractivity contribution in [1.29, 1.82) is 0 Å². The van der Waals surface area contributed by atoms with Gasteiger partial charge in [-0.05, 0) is 0 Å². The maximum Gasteiger partial charge on any atom is 0.147 e. The Labute approximate surface area is 64.1 Å². The second-order valence-electron chi connectivity index (χ2n) is 2.07. The summed E-state index contributed by atoms with van der Waals surface area (Å²) in [6.07, 6.45) is 0. The molecule has 0 spiro atoms. The number of hydrogen-bond acceptors (Lipinski definition) is 0. The fourth-order valence-electron chi connectivity index (χ4n) is 0. The van der Waals surface area contributed by atoms with E-state index in [-0.39, 0.29) is 26.2 Å². The van der Waals surface area contributed by atoms with Crippen LogP contribution in [-0.4, -0.2) is 7.38 Å². The van der Waals surface area contributed by atoms with E-state index in [0.29, 0.717) is 0 Å². The second kappa shape index (κ2) is 3.40. The van der Waals surface area contributed by atoms with Crippen molar-refractivity contribution in [2.45, 2.75) is 19.6 Å². The van der Waals surface area contributed by atoms with E-state index in [9.17, 15) is 0 Å². The summed E-state index contributed by atoms with van der Waals surface area (Å²) < 4.78 is 0. The maximum atomic E-state index is 5.67. The summed E-state index contributed by atoms with van der Waals surface area (Å²) in [5.41, 5.74) is 0. The quantitative estimate of drug-likeness (QED) is 0.414. The van der Waals surface area contributed by atoms with Crippen LogP contribution in [0.5, 0.6) is 0 Å². The van der Waals surface area contributed by atoms with Crippen LogP contribution in [0.1, 0.15) is 0 Å². The SMILES string of the molecule is C[Si](C)(C)Cl.[Zr]. The van der Waals surface area contributed by atoms with Crippen molar-refractivity contribution in [3.63, 3.8) is 0 Å². The first-order chi connectivity index (χ1) is 2.00. The third-order valence-electron chi connectivity index (χ3n) is 0. The molecule has 0 N–H and O–H groups in total. The fraction of sp³-hybridized carbons (Fsp3) is 1.00. The minimum absolute atomic E-state index is 0. The minimum Gasteiger partial charge on any atom is -0.168 e. The van der Waals surface area contributed by atoms with Crippen molar-refractivity contribution in [2.75, 3.05) is 0 Å². The first-order valence-corrected chi connectivity index (χ1v) is 6.20. The van der Waals surface area contributed by atoms with Crippen molar-refractivity contribution in [3.8, 4) is 0 Å². The van der Waals surface area contributed by atoms with E-state index in [1.54, 1.807) is 0 Å². The predicted octanol–water partition coefficient (Wildman–Crippen LogP) is 2.06. The summed E-state index contributed by atoms with van der Waals surface area (Å²) in [7, 11) is -1.14. The Morgan fingerprint density at radius 1 is 1.17 bits per heavy atom. The molecule has 0 saturated carbocycles. The van der Waals surface area contributed by atoms with Crippen LogP contribution in [-0.2, 0) is 26.2 Å². The minimum atomic E-state index is -1.14. The Balaban J connectivity index is 0. The molecule has 0 rings (SSSR count). The molecule has 0 radical (unpaired) electrons. The van der Waals surface area contributed by atoms with Crippen LogP contribution in [0.15, 0.2) is 0 Å². The Hall–Kier alpha value is 1.39. The molecule has 0 saturated heterocycles. The maximum absolute atomic E-state index is 5.67. The Bertz CT molecular complexity index is 26.3. The average molecular weight is 200 g/mol. The molecule has 0 nitrogen and oxygen atoms in total. The van der Waals surface area contributed by atoms with E-state index in [4.69, 9.17) is 11.1 Å². The van der Waals surface area contributed by atoms with Gasteiger partial charge in [-0.2, -0.15) is 11.1 Å². The van der Waals surface area contributed by atoms with Crippen LogP contribution < -0.4 is 0 Å². The van der Waals surface area contributed by atoms with Crippen LogP contribution in [0.25, 0.3) is 0 Å². The number of hydrogen-bond donors (Lipinski definition) is 0. The Morgan fingerprint density at radius 3 is 1.17 bits per heavy atom. The van der Waals surface area contributed by atoms with Crippen LogP contribution in [0.4, 0.5) is 0 Å². The molecule has 0 unspecified atom stereocenters. The first-order valence-electron chi connectivity index (χ1n) is 1.69. The molecule has 0 aromatic heterocycles. The van der Waals surface area contributed by atoms with Crippen LogP contribution in [0.3, 0.4) is 0 Å². The van der Waals surface area contributed by atoms with Crippen molar-refractivity contribution in [1.82, 2.24) is 0 Å². The zero-order valence-electron chi connectivity index (χ0n) is 4.38. The molecule has 6 heavy (non-hydrogen) atoms. The van der Waals surface area contributed by atoms with Gasteiger partial charge in [-0.25, -0.2) is 0 Å². The average Bonchev–Trinajstić information content (AvgIpc) is 0.722. The van der Waals surface area contributed by atoms with Gasteiger partial charge in [0.05, 0.1) is 0 Å². The zero-order chi connectivity index (χ0) is 4.50. The van der Waals surface area contributed by atoms with Gasteiger partial charge < -0.3 is 0 Å². The smallest absolute Gasteiger partial charge is 0.147 e. The molecule has 0 aliphatic carbocycles. The van der Waals surface area contributed by atoms with Gasteiger partial charge in [0.25, 0.3) is 0 Å². The molecule has 3 heteroatoms. The Morgan fingerprint density at radius 2 is 1.17 bits per heavy atom. The topological polar surface area (TPSA) is 0 Å². The van der Waals surface area contributed by atoms with Gasteiger partial charge in [0.1, 0.15) is 7.38 Å². The number of rotatable bonds is 0. The second-order valence-corrected chi connectivity index (χ2v) is 9.60. The summed E-state index contributed by atoms with van der Waals surface area (Å²) in [4.78, 5) is 0. The van der Waals surface area contributed by atoms with Gasteiger partial charge >= 0.3 is 0 Å².